The summed E-state index contributed by atoms with van der Waals surface area (Å²) in [5, 5.41) is 5.81. The van der Waals surface area contributed by atoms with Crippen LogP contribution >= 0.6 is 0 Å². The van der Waals surface area contributed by atoms with Gasteiger partial charge in [0.05, 0.1) is 7.11 Å². The average molecular weight is 568 g/mol. The van der Waals surface area contributed by atoms with Gasteiger partial charge in [-0.3, -0.25) is 9.59 Å². The molecule has 0 bridgehead atoms. The molecule has 0 aromatic heterocycles. The average Bonchev–Trinajstić information content (AvgIpc) is 2.88. The van der Waals surface area contributed by atoms with Crippen LogP contribution in [-0.4, -0.2) is 48.1 Å². The van der Waals surface area contributed by atoms with Gasteiger partial charge in [0.1, 0.15) is 23.4 Å². The first-order valence-corrected chi connectivity index (χ1v) is 14.6. The fourth-order valence-electron chi connectivity index (χ4n) is 4.53. The fourth-order valence-corrected chi connectivity index (χ4v) is 4.53. The summed E-state index contributed by atoms with van der Waals surface area (Å²) in [5.41, 5.74) is 2.71. The number of unbranched alkanes of at least 4 members (excludes halogenated alkanes) is 2. The number of ether oxygens (including phenoxy) is 2. The molecule has 41 heavy (non-hydrogen) atoms. The minimum Gasteiger partial charge on any atom is -0.497 e. The van der Waals surface area contributed by atoms with Crippen molar-refractivity contribution in [1.82, 2.24) is 10.2 Å². The van der Waals surface area contributed by atoms with Gasteiger partial charge in [0.25, 0.3) is 5.91 Å². The molecule has 0 saturated heterocycles. The molecule has 0 saturated carbocycles. The molecule has 2 rings (SSSR count). The van der Waals surface area contributed by atoms with Gasteiger partial charge in [-0.15, -0.1) is 0 Å². The third kappa shape index (κ3) is 10.7. The Morgan fingerprint density at radius 1 is 0.951 bits per heavy atom. The van der Waals surface area contributed by atoms with E-state index >= 15 is 0 Å². The van der Waals surface area contributed by atoms with Gasteiger partial charge in [0, 0.05) is 12.2 Å². The minimum atomic E-state index is -0.907. The smallest absolute Gasteiger partial charge is 0.408 e. The molecular formula is C33H49N3O5. The van der Waals surface area contributed by atoms with Gasteiger partial charge in [-0.1, -0.05) is 51.8 Å². The summed E-state index contributed by atoms with van der Waals surface area (Å²) < 4.78 is 10.7. The molecule has 2 unspecified atom stereocenters. The number of methoxy groups -OCH3 is 1. The number of nitrogens with one attached hydrogen (secondary N) is 2. The Kier molecular flexibility index (Phi) is 12.7. The van der Waals surface area contributed by atoms with Crippen molar-refractivity contribution in [2.45, 2.75) is 98.8 Å². The SMILES string of the molecule is CCCCCN(C(=O)C(CC(C)C)NC(=O)OC(C)(C)C)C(C(=O)Nc1ccc(OC)cc1)c1ccc(C)c(C)c1. The Bertz CT molecular complexity index is 1150. The number of carbonyl (C=O) groups excluding carboxylic acids is 3. The summed E-state index contributed by atoms with van der Waals surface area (Å²) in [6.45, 7) is 15.8. The van der Waals surface area contributed by atoms with E-state index in [2.05, 4.69) is 17.6 Å². The summed E-state index contributed by atoms with van der Waals surface area (Å²) in [5.74, 6) is 0.150. The van der Waals surface area contributed by atoms with Crippen LogP contribution in [0, 0.1) is 19.8 Å². The number of aryl methyl sites for hydroxylation is 2. The lowest BCUT2D eigenvalue weighted by molar-refractivity contribution is -0.141. The zero-order chi connectivity index (χ0) is 30.7. The predicted octanol–water partition coefficient (Wildman–Crippen LogP) is 6.95. The van der Waals surface area contributed by atoms with E-state index in [-0.39, 0.29) is 17.7 Å². The lowest BCUT2D eigenvalue weighted by Crippen LogP contribution is -2.53. The molecule has 0 spiro atoms. The van der Waals surface area contributed by atoms with E-state index in [0.29, 0.717) is 30.0 Å². The highest BCUT2D eigenvalue weighted by molar-refractivity contribution is 5.99. The van der Waals surface area contributed by atoms with Crippen LogP contribution in [0.1, 0.15) is 90.0 Å². The molecule has 3 amide bonds. The lowest BCUT2D eigenvalue weighted by atomic mass is 9.96. The number of alkyl carbamates (subject to hydrolysis) is 1. The topological polar surface area (TPSA) is 97.0 Å². The van der Waals surface area contributed by atoms with Crippen molar-refractivity contribution >= 4 is 23.6 Å². The summed E-state index contributed by atoms with van der Waals surface area (Å²) in [4.78, 5) is 42.8. The number of nitrogens with zero attached hydrogens (tertiary/aromatic N) is 1. The Labute approximate surface area is 246 Å². The second-order valence-electron chi connectivity index (χ2n) is 12.0. The predicted molar refractivity (Wildman–Crippen MR) is 164 cm³/mol. The summed E-state index contributed by atoms with van der Waals surface area (Å²) >= 11 is 0. The molecule has 0 radical (unpaired) electrons. The van der Waals surface area contributed by atoms with Crippen LogP contribution in [0.2, 0.25) is 0 Å². The van der Waals surface area contributed by atoms with Crippen molar-refractivity contribution in [3.63, 3.8) is 0 Å². The van der Waals surface area contributed by atoms with Gasteiger partial charge in [-0.2, -0.15) is 0 Å². The molecule has 8 heteroatoms. The van der Waals surface area contributed by atoms with Gasteiger partial charge < -0.3 is 25.0 Å². The molecule has 0 aliphatic carbocycles. The van der Waals surface area contributed by atoms with E-state index in [9.17, 15) is 14.4 Å². The van der Waals surface area contributed by atoms with Crippen LogP contribution in [0.25, 0.3) is 0 Å². The zero-order valence-electron chi connectivity index (χ0n) is 26.3. The molecule has 2 N–H and O–H groups in total. The van der Waals surface area contributed by atoms with Crippen LogP contribution in [0.15, 0.2) is 42.5 Å². The minimum absolute atomic E-state index is 0.115. The third-order valence-electron chi connectivity index (χ3n) is 6.75. The summed E-state index contributed by atoms with van der Waals surface area (Å²) in [6, 6.07) is 11.2. The molecule has 8 nitrogen and oxygen atoms in total. The molecule has 2 aromatic carbocycles. The molecule has 226 valence electrons. The van der Waals surface area contributed by atoms with Crippen molar-refractivity contribution in [1.29, 1.82) is 0 Å². The standard InChI is InChI=1S/C33H49N3O5/c1-10-11-12-19-36(31(38)28(20-22(2)3)35-32(39)41-33(6,7)8)29(25-14-13-23(4)24(5)21-25)30(37)34-26-15-17-27(40-9)18-16-26/h13-18,21-22,28-29H,10-12,19-20H2,1-9H3,(H,34,37)(H,35,39). The Morgan fingerprint density at radius 2 is 1.61 bits per heavy atom. The van der Waals surface area contributed by atoms with Gasteiger partial charge in [0.2, 0.25) is 5.91 Å². The van der Waals surface area contributed by atoms with Gasteiger partial charge in [-0.05, 0) is 94.3 Å². The van der Waals surface area contributed by atoms with Crippen LogP contribution in [0.3, 0.4) is 0 Å². The maximum Gasteiger partial charge on any atom is 0.408 e. The largest absolute Gasteiger partial charge is 0.497 e. The van der Waals surface area contributed by atoms with E-state index in [1.807, 2.05) is 45.9 Å². The van der Waals surface area contributed by atoms with Crippen molar-refractivity contribution in [3.8, 4) is 5.75 Å². The number of rotatable bonds is 13. The molecular weight excluding hydrogens is 518 g/mol. The monoisotopic (exact) mass is 567 g/mol. The first kappa shape index (κ1) is 33.7. The van der Waals surface area contributed by atoms with Gasteiger partial charge in [-0.25, -0.2) is 4.79 Å². The lowest BCUT2D eigenvalue weighted by Gasteiger charge is -2.35. The zero-order valence-corrected chi connectivity index (χ0v) is 26.3. The molecule has 0 heterocycles. The number of hydrogen-bond acceptors (Lipinski definition) is 5. The summed E-state index contributed by atoms with van der Waals surface area (Å²) in [7, 11) is 1.59. The second kappa shape index (κ2) is 15.5. The van der Waals surface area contributed by atoms with Crippen molar-refractivity contribution in [2.24, 2.45) is 5.92 Å². The maximum absolute atomic E-state index is 14.3. The van der Waals surface area contributed by atoms with Gasteiger partial charge in [0.15, 0.2) is 0 Å². The number of carbonyl (C=O) groups is 3. The van der Waals surface area contributed by atoms with Gasteiger partial charge >= 0.3 is 6.09 Å². The van der Waals surface area contributed by atoms with Crippen LogP contribution < -0.4 is 15.4 Å². The molecule has 2 atom stereocenters. The maximum atomic E-state index is 14.3. The highest BCUT2D eigenvalue weighted by atomic mass is 16.6. The van der Waals surface area contributed by atoms with Crippen molar-refractivity contribution in [3.05, 3.63) is 59.2 Å². The fraction of sp³-hybridized carbons (Fsp3) is 0.545. The normalized spacial score (nSPS) is 12.8. The van der Waals surface area contributed by atoms with E-state index in [0.717, 1.165) is 30.4 Å². The van der Waals surface area contributed by atoms with Crippen LogP contribution in [0.5, 0.6) is 5.75 Å². The first-order valence-electron chi connectivity index (χ1n) is 14.6. The van der Waals surface area contributed by atoms with Crippen molar-refractivity contribution < 1.29 is 23.9 Å². The number of hydrogen-bond donors (Lipinski definition) is 2. The second-order valence-corrected chi connectivity index (χ2v) is 12.0. The highest BCUT2D eigenvalue weighted by Gasteiger charge is 2.36. The Hall–Kier alpha value is -3.55. The Morgan fingerprint density at radius 3 is 2.15 bits per heavy atom. The number of anilines is 1. The molecule has 0 aliphatic heterocycles. The quantitative estimate of drug-likeness (QED) is 0.255. The van der Waals surface area contributed by atoms with Crippen LogP contribution in [-0.2, 0) is 14.3 Å². The summed E-state index contributed by atoms with van der Waals surface area (Å²) in [6.07, 6.45) is 2.33. The number of amides is 3. The van der Waals surface area contributed by atoms with E-state index in [4.69, 9.17) is 9.47 Å². The van der Waals surface area contributed by atoms with E-state index in [1.165, 1.54) is 0 Å². The molecule has 0 fully saturated rings. The van der Waals surface area contributed by atoms with E-state index < -0.39 is 23.8 Å². The first-order chi connectivity index (χ1) is 19.2. The van der Waals surface area contributed by atoms with E-state index in [1.54, 1.807) is 57.0 Å². The number of benzene rings is 2. The highest BCUT2D eigenvalue weighted by Crippen LogP contribution is 2.28. The van der Waals surface area contributed by atoms with Crippen molar-refractivity contribution in [2.75, 3.05) is 19.0 Å². The molecule has 2 aromatic rings. The van der Waals surface area contributed by atoms with Crippen LogP contribution in [0.4, 0.5) is 10.5 Å². The molecule has 0 aliphatic rings. The Balaban J connectivity index is 2.56. The third-order valence-corrected chi connectivity index (χ3v) is 6.75.